The fourth-order valence-corrected chi connectivity index (χ4v) is 3.08. The number of unbranched alkanes of at least 4 members (excludes halogenated alkanes) is 1. The third-order valence-electron chi connectivity index (χ3n) is 2.69. The molecule has 19 heavy (non-hydrogen) atoms. The SMILES string of the molecule is CCCCC(NS(=O)(=O)c1ccnn1CC)C(=O)O. The summed E-state index contributed by atoms with van der Waals surface area (Å²) in [6, 6.07) is 0.245. The molecule has 1 heterocycles. The van der Waals surface area contributed by atoms with Gasteiger partial charge in [0, 0.05) is 6.54 Å². The molecule has 0 fully saturated rings. The maximum atomic E-state index is 12.1. The zero-order valence-electron chi connectivity index (χ0n) is 11.0. The number of aromatic nitrogens is 2. The van der Waals surface area contributed by atoms with E-state index in [4.69, 9.17) is 5.11 Å². The van der Waals surface area contributed by atoms with Gasteiger partial charge in [0.15, 0.2) is 5.03 Å². The second-order valence-electron chi connectivity index (χ2n) is 4.14. The lowest BCUT2D eigenvalue weighted by Crippen LogP contribution is -2.41. The van der Waals surface area contributed by atoms with Gasteiger partial charge in [0.25, 0.3) is 10.0 Å². The van der Waals surface area contributed by atoms with Crippen LogP contribution in [0.4, 0.5) is 0 Å². The second-order valence-corrected chi connectivity index (χ2v) is 5.80. The average Bonchev–Trinajstić information content (AvgIpc) is 2.83. The van der Waals surface area contributed by atoms with Crippen molar-refractivity contribution in [2.24, 2.45) is 0 Å². The summed E-state index contributed by atoms with van der Waals surface area (Å²) in [6.45, 7) is 4.08. The van der Waals surface area contributed by atoms with Gasteiger partial charge in [-0.2, -0.15) is 9.82 Å². The standard InChI is InChI=1S/C11H19N3O4S/c1-3-5-6-9(11(15)16)13-19(17,18)10-7-8-12-14(10)4-2/h7-9,13H,3-6H2,1-2H3,(H,15,16). The molecule has 0 aromatic carbocycles. The van der Waals surface area contributed by atoms with Crippen molar-refractivity contribution in [3.05, 3.63) is 12.3 Å². The van der Waals surface area contributed by atoms with Crippen molar-refractivity contribution in [3.63, 3.8) is 0 Å². The first-order chi connectivity index (χ1) is 8.92. The molecule has 0 aliphatic rings. The number of rotatable bonds is 8. The predicted octanol–water partition coefficient (Wildman–Crippen LogP) is 0.825. The van der Waals surface area contributed by atoms with E-state index in [1.807, 2.05) is 6.92 Å². The third kappa shape index (κ3) is 4.03. The first kappa shape index (κ1) is 15.6. The maximum Gasteiger partial charge on any atom is 0.321 e. The number of carboxylic acid groups (broad SMARTS) is 1. The van der Waals surface area contributed by atoms with E-state index in [-0.39, 0.29) is 11.4 Å². The van der Waals surface area contributed by atoms with Crippen LogP contribution >= 0.6 is 0 Å². The normalized spacial score (nSPS) is 13.4. The van der Waals surface area contributed by atoms with Gasteiger partial charge in [-0.3, -0.25) is 9.48 Å². The lowest BCUT2D eigenvalue weighted by Gasteiger charge is -2.14. The average molecular weight is 289 g/mol. The number of aliphatic carboxylic acids is 1. The van der Waals surface area contributed by atoms with Crippen LogP contribution in [0.25, 0.3) is 0 Å². The Morgan fingerprint density at radius 1 is 1.53 bits per heavy atom. The van der Waals surface area contributed by atoms with E-state index in [0.717, 1.165) is 6.42 Å². The summed E-state index contributed by atoms with van der Waals surface area (Å²) in [4.78, 5) is 11.1. The minimum absolute atomic E-state index is 0.0160. The van der Waals surface area contributed by atoms with Crippen LogP contribution in [0.1, 0.15) is 33.1 Å². The van der Waals surface area contributed by atoms with Gasteiger partial charge in [-0.25, -0.2) is 8.42 Å². The van der Waals surface area contributed by atoms with Gasteiger partial charge in [0.2, 0.25) is 0 Å². The Morgan fingerprint density at radius 3 is 2.74 bits per heavy atom. The van der Waals surface area contributed by atoms with Gasteiger partial charge in [-0.1, -0.05) is 19.8 Å². The molecule has 0 spiro atoms. The molecule has 0 saturated carbocycles. The highest BCUT2D eigenvalue weighted by atomic mass is 32.2. The maximum absolute atomic E-state index is 12.1. The van der Waals surface area contributed by atoms with Gasteiger partial charge >= 0.3 is 5.97 Å². The van der Waals surface area contributed by atoms with E-state index in [0.29, 0.717) is 13.0 Å². The molecule has 2 N–H and O–H groups in total. The van der Waals surface area contributed by atoms with Gasteiger partial charge in [-0.05, 0) is 19.4 Å². The number of sulfonamides is 1. The molecule has 0 aliphatic carbocycles. The van der Waals surface area contributed by atoms with E-state index in [1.54, 1.807) is 6.92 Å². The number of carbonyl (C=O) groups is 1. The molecule has 1 unspecified atom stereocenters. The van der Waals surface area contributed by atoms with Crippen molar-refractivity contribution in [1.82, 2.24) is 14.5 Å². The second kappa shape index (κ2) is 6.67. The van der Waals surface area contributed by atoms with Crippen LogP contribution < -0.4 is 4.72 Å². The molecule has 1 atom stereocenters. The summed E-state index contributed by atoms with van der Waals surface area (Å²) in [5, 5.41) is 12.9. The minimum Gasteiger partial charge on any atom is -0.480 e. The number of hydrogen-bond donors (Lipinski definition) is 2. The molecular weight excluding hydrogens is 270 g/mol. The first-order valence-electron chi connectivity index (χ1n) is 6.19. The predicted molar refractivity (Wildman–Crippen MR) is 69.2 cm³/mol. The molecule has 7 nitrogen and oxygen atoms in total. The lowest BCUT2D eigenvalue weighted by atomic mass is 10.1. The van der Waals surface area contributed by atoms with Crippen LogP contribution in [0, 0.1) is 0 Å². The zero-order chi connectivity index (χ0) is 14.5. The molecule has 0 saturated heterocycles. The van der Waals surface area contributed by atoms with Crippen LogP contribution in [0.3, 0.4) is 0 Å². The van der Waals surface area contributed by atoms with E-state index >= 15 is 0 Å². The molecule has 1 aromatic heterocycles. The van der Waals surface area contributed by atoms with Gasteiger partial charge in [0.05, 0.1) is 6.20 Å². The molecule has 0 bridgehead atoms. The Labute approximate surface area is 112 Å². The van der Waals surface area contributed by atoms with E-state index in [2.05, 4.69) is 9.82 Å². The van der Waals surface area contributed by atoms with Crippen molar-refractivity contribution in [2.75, 3.05) is 0 Å². The molecule has 1 aromatic rings. The number of nitrogens with zero attached hydrogens (tertiary/aromatic N) is 2. The van der Waals surface area contributed by atoms with Gasteiger partial charge in [-0.15, -0.1) is 0 Å². The molecular formula is C11H19N3O4S. The van der Waals surface area contributed by atoms with Crippen LogP contribution in [0.2, 0.25) is 0 Å². The smallest absolute Gasteiger partial charge is 0.321 e. The highest BCUT2D eigenvalue weighted by Crippen LogP contribution is 2.11. The number of carboxylic acids is 1. The molecule has 108 valence electrons. The molecule has 1 rings (SSSR count). The number of nitrogens with one attached hydrogen (secondary N) is 1. The minimum atomic E-state index is -3.86. The van der Waals surface area contributed by atoms with Crippen LogP contribution in [-0.2, 0) is 21.4 Å². The monoisotopic (exact) mass is 289 g/mol. The lowest BCUT2D eigenvalue weighted by molar-refractivity contribution is -0.139. The summed E-state index contributed by atoms with van der Waals surface area (Å²) >= 11 is 0. The summed E-state index contributed by atoms with van der Waals surface area (Å²) < 4.78 is 27.8. The summed E-state index contributed by atoms with van der Waals surface area (Å²) in [5.74, 6) is -1.17. The summed E-state index contributed by atoms with van der Waals surface area (Å²) in [5.41, 5.74) is 0. The molecule has 8 heteroatoms. The Bertz CT molecular complexity index is 524. The van der Waals surface area contributed by atoms with E-state index in [9.17, 15) is 13.2 Å². The largest absolute Gasteiger partial charge is 0.480 e. The number of hydrogen-bond acceptors (Lipinski definition) is 4. The molecule has 0 aliphatic heterocycles. The fourth-order valence-electron chi connectivity index (χ4n) is 1.68. The zero-order valence-corrected chi connectivity index (χ0v) is 11.9. The Morgan fingerprint density at radius 2 is 2.21 bits per heavy atom. The first-order valence-corrected chi connectivity index (χ1v) is 7.67. The third-order valence-corrected chi connectivity index (χ3v) is 4.19. The quantitative estimate of drug-likeness (QED) is 0.738. The fraction of sp³-hybridized carbons (Fsp3) is 0.636. The van der Waals surface area contributed by atoms with Crippen LogP contribution in [0.5, 0.6) is 0 Å². The highest BCUT2D eigenvalue weighted by Gasteiger charge is 2.27. The van der Waals surface area contributed by atoms with Crippen LogP contribution in [-0.4, -0.2) is 35.3 Å². The number of aryl methyl sites for hydroxylation is 1. The van der Waals surface area contributed by atoms with Crippen molar-refractivity contribution >= 4 is 16.0 Å². The van der Waals surface area contributed by atoms with Crippen molar-refractivity contribution in [2.45, 2.75) is 50.7 Å². The van der Waals surface area contributed by atoms with E-state index < -0.39 is 22.0 Å². The Kier molecular flexibility index (Phi) is 5.49. The van der Waals surface area contributed by atoms with Crippen LogP contribution in [0.15, 0.2) is 17.3 Å². The van der Waals surface area contributed by atoms with Crippen molar-refractivity contribution < 1.29 is 18.3 Å². The topological polar surface area (TPSA) is 101 Å². The van der Waals surface area contributed by atoms with Crippen molar-refractivity contribution in [1.29, 1.82) is 0 Å². The molecule has 0 amide bonds. The summed E-state index contributed by atoms with van der Waals surface area (Å²) in [7, 11) is -3.86. The molecule has 0 radical (unpaired) electrons. The Hall–Kier alpha value is -1.41. The summed E-state index contributed by atoms with van der Waals surface area (Å²) in [6.07, 6.45) is 3.09. The Balaban J connectivity index is 2.91. The van der Waals surface area contributed by atoms with Gasteiger partial charge in [0.1, 0.15) is 6.04 Å². The van der Waals surface area contributed by atoms with Gasteiger partial charge < -0.3 is 5.11 Å². The van der Waals surface area contributed by atoms with E-state index in [1.165, 1.54) is 16.9 Å². The highest BCUT2D eigenvalue weighted by molar-refractivity contribution is 7.89. The van der Waals surface area contributed by atoms with Crippen molar-refractivity contribution in [3.8, 4) is 0 Å².